The van der Waals surface area contributed by atoms with Crippen LogP contribution >= 0.6 is 11.8 Å². The van der Waals surface area contributed by atoms with Crippen LogP contribution in [0, 0.1) is 0 Å². The summed E-state index contributed by atoms with van der Waals surface area (Å²) >= 11 is 1.29. The number of H-pyrrole nitrogens is 1. The van der Waals surface area contributed by atoms with Crippen molar-refractivity contribution in [3.8, 4) is 5.75 Å². The summed E-state index contributed by atoms with van der Waals surface area (Å²) in [7, 11) is 0. The molecule has 3 aliphatic heterocycles. The monoisotopic (exact) mass is 630 g/mol. The smallest absolute Gasteiger partial charge is 0.352 e. The van der Waals surface area contributed by atoms with Crippen LogP contribution in [0.4, 0.5) is 0 Å². The van der Waals surface area contributed by atoms with Crippen molar-refractivity contribution < 1.29 is 34.2 Å². The third kappa shape index (κ3) is 7.24. The van der Waals surface area contributed by atoms with Crippen LogP contribution in [0.5, 0.6) is 5.75 Å². The van der Waals surface area contributed by atoms with Gasteiger partial charge in [0.05, 0.1) is 12.9 Å². The minimum atomic E-state index is -1.30. The third-order valence-electron chi connectivity index (χ3n) is 7.21. The Kier molecular flexibility index (Phi) is 9.63. The summed E-state index contributed by atoms with van der Waals surface area (Å²) in [6.07, 6.45) is 7.05. The van der Waals surface area contributed by atoms with E-state index in [-0.39, 0.29) is 29.7 Å². The van der Waals surface area contributed by atoms with E-state index in [0.717, 1.165) is 10.5 Å². The molecular weight excluding hydrogens is 600 g/mol. The number of phenolic OH excluding ortho intramolecular Hbond substituents is 1. The zero-order valence-corrected chi connectivity index (χ0v) is 24.7. The number of amides is 4. The number of aromatic hydroxyl groups is 1. The number of aromatic amines is 1. The molecule has 232 valence electrons. The molecular formula is C31H30N6O7S. The van der Waals surface area contributed by atoms with E-state index in [0.29, 0.717) is 36.2 Å². The second-order valence-corrected chi connectivity index (χ2v) is 11.4. The summed E-state index contributed by atoms with van der Waals surface area (Å²) < 4.78 is 0. The highest BCUT2D eigenvalue weighted by atomic mass is 32.2. The number of carboxylic acid groups (broad SMARTS) is 1. The number of carbonyl (C=O) groups excluding carboxylic acids is 4. The van der Waals surface area contributed by atoms with Gasteiger partial charge in [-0.3, -0.25) is 24.1 Å². The predicted molar refractivity (Wildman–Crippen MR) is 163 cm³/mol. The van der Waals surface area contributed by atoms with E-state index < -0.39 is 35.1 Å². The number of β-lactam (4-membered cyclic amide) rings is 1. The van der Waals surface area contributed by atoms with Crippen molar-refractivity contribution in [3.05, 3.63) is 107 Å². The van der Waals surface area contributed by atoms with Gasteiger partial charge in [0.2, 0.25) is 11.8 Å². The van der Waals surface area contributed by atoms with E-state index in [1.165, 1.54) is 11.8 Å². The average molecular weight is 631 g/mol. The average Bonchev–Trinajstić information content (AvgIpc) is 3.73. The minimum Gasteiger partial charge on any atom is -0.508 e. The Labute approximate surface area is 262 Å². The van der Waals surface area contributed by atoms with Crippen molar-refractivity contribution in [2.75, 3.05) is 18.8 Å². The molecule has 0 unspecified atom stereocenters. The zero-order valence-electron chi connectivity index (χ0n) is 23.9. The van der Waals surface area contributed by atoms with Crippen molar-refractivity contribution in [1.29, 1.82) is 0 Å². The molecule has 14 heteroatoms. The predicted octanol–water partition coefficient (Wildman–Crippen LogP) is 1.63. The maximum Gasteiger partial charge on any atom is 0.352 e. The maximum absolute atomic E-state index is 13.0. The molecule has 0 bridgehead atoms. The number of nitrogens with zero attached hydrogens (tertiary/aromatic N) is 3. The fourth-order valence-electron chi connectivity index (χ4n) is 5.08. The first-order valence-corrected chi connectivity index (χ1v) is 15.0. The number of fused-ring (bicyclic) bond motifs is 1. The number of benzene rings is 2. The van der Waals surface area contributed by atoms with Gasteiger partial charge < -0.3 is 30.7 Å². The van der Waals surface area contributed by atoms with Gasteiger partial charge in [-0.2, -0.15) is 0 Å². The van der Waals surface area contributed by atoms with E-state index in [1.807, 2.05) is 0 Å². The van der Waals surface area contributed by atoms with Gasteiger partial charge >= 0.3 is 5.97 Å². The molecule has 6 rings (SSSR count). The Morgan fingerprint density at radius 1 is 1.11 bits per heavy atom. The highest BCUT2D eigenvalue weighted by Crippen LogP contribution is 2.41. The van der Waals surface area contributed by atoms with Crippen LogP contribution < -0.4 is 10.6 Å². The second-order valence-electron chi connectivity index (χ2n) is 10.3. The molecule has 2 atom stereocenters. The second kappa shape index (κ2) is 13.9. The molecule has 1 aromatic heterocycles. The maximum atomic E-state index is 13.0. The number of phenols is 1. The molecule has 3 aliphatic rings. The molecule has 0 aliphatic carbocycles. The van der Waals surface area contributed by atoms with Crippen LogP contribution in [0.3, 0.4) is 0 Å². The number of thioether (sulfide) groups is 1. The van der Waals surface area contributed by atoms with Gasteiger partial charge in [0.1, 0.15) is 22.9 Å². The van der Waals surface area contributed by atoms with Crippen LogP contribution in [-0.4, -0.2) is 89.8 Å². The standard InChI is InChI=1S/C28H26N4O7S.C3H4N2/c33-20-8-4-5-16(11-20)14-31-10-9-18(25(31)36)12-19-15-40-27-22(26(37)32(27)23(19)28(38)39)30-21(34)13-29-24(35)17-6-2-1-3-7-17;1-2-5-3-4-1/h1-8,11-12,22,27,33H,9-10,13-15H2,(H,29,35)(H,30,34)(H,38,39);1-3H,(H,4,5)/t22-,27-;/m1./s1. The van der Waals surface area contributed by atoms with E-state index in [2.05, 4.69) is 20.6 Å². The number of nitrogens with one attached hydrogen (secondary N) is 3. The zero-order chi connectivity index (χ0) is 31.9. The largest absolute Gasteiger partial charge is 0.508 e. The van der Waals surface area contributed by atoms with Crippen molar-refractivity contribution >= 4 is 41.4 Å². The lowest BCUT2D eigenvalue weighted by atomic mass is 10.0. The molecule has 5 N–H and O–H groups in total. The molecule has 0 spiro atoms. The van der Waals surface area contributed by atoms with Crippen molar-refractivity contribution in [3.63, 3.8) is 0 Å². The number of hydrogen-bond donors (Lipinski definition) is 5. The summed E-state index contributed by atoms with van der Waals surface area (Å²) in [5.41, 5.74) is 1.76. The molecule has 45 heavy (non-hydrogen) atoms. The van der Waals surface area contributed by atoms with Gasteiger partial charge in [-0.25, -0.2) is 9.78 Å². The van der Waals surface area contributed by atoms with Gasteiger partial charge in [0, 0.05) is 42.4 Å². The highest BCUT2D eigenvalue weighted by molar-refractivity contribution is 8.00. The number of rotatable bonds is 8. The molecule has 2 aromatic carbocycles. The Morgan fingerprint density at radius 2 is 1.91 bits per heavy atom. The van der Waals surface area contributed by atoms with Crippen molar-refractivity contribution in [2.45, 2.75) is 24.4 Å². The van der Waals surface area contributed by atoms with Crippen LogP contribution in [-0.2, 0) is 25.7 Å². The van der Waals surface area contributed by atoms with Gasteiger partial charge in [-0.05, 0) is 47.9 Å². The van der Waals surface area contributed by atoms with Crippen LogP contribution in [0.25, 0.3) is 0 Å². The van der Waals surface area contributed by atoms with Gasteiger partial charge in [0.25, 0.3) is 11.8 Å². The summed E-state index contributed by atoms with van der Waals surface area (Å²) in [5.74, 6) is -2.76. The Hall–Kier alpha value is -5.37. The quantitative estimate of drug-likeness (QED) is 0.182. The SMILES string of the molecule is O=C(CNC(=O)c1ccccc1)N[C@@H]1C(=O)N2C(C(=O)O)=C(C=C3CCN(Cc4cccc(O)c4)C3=O)CS[C@H]12.c1c[nH]cn1. The summed E-state index contributed by atoms with van der Waals surface area (Å²) in [6, 6.07) is 14.1. The molecule has 4 heterocycles. The minimum absolute atomic E-state index is 0.107. The van der Waals surface area contributed by atoms with Crippen LogP contribution in [0.2, 0.25) is 0 Å². The molecule has 0 saturated carbocycles. The number of imidazole rings is 1. The lowest BCUT2D eigenvalue weighted by molar-refractivity contribution is -0.150. The van der Waals surface area contributed by atoms with Crippen LogP contribution in [0.1, 0.15) is 22.3 Å². The van der Waals surface area contributed by atoms with Gasteiger partial charge in [0.15, 0.2) is 0 Å². The molecule has 13 nitrogen and oxygen atoms in total. The summed E-state index contributed by atoms with van der Waals surface area (Å²) in [4.78, 5) is 71.9. The Morgan fingerprint density at radius 3 is 2.58 bits per heavy atom. The fraction of sp³-hybridized carbons (Fsp3) is 0.226. The van der Waals surface area contributed by atoms with E-state index in [9.17, 15) is 34.2 Å². The van der Waals surface area contributed by atoms with E-state index >= 15 is 0 Å². The molecule has 2 saturated heterocycles. The number of carbonyl (C=O) groups is 5. The first-order chi connectivity index (χ1) is 21.7. The number of aliphatic carboxylic acids is 1. The number of carboxylic acids is 1. The lowest BCUT2D eigenvalue weighted by Gasteiger charge is -2.49. The van der Waals surface area contributed by atoms with Crippen molar-refractivity contribution in [2.24, 2.45) is 0 Å². The van der Waals surface area contributed by atoms with Crippen LogP contribution in [0.15, 0.2) is 96.2 Å². The highest BCUT2D eigenvalue weighted by Gasteiger charge is 2.54. The number of allylic oxidation sites excluding steroid dienone is 1. The third-order valence-corrected chi connectivity index (χ3v) is 8.52. The van der Waals surface area contributed by atoms with E-state index in [1.54, 1.807) is 84.3 Å². The molecule has 0 radical (unpaired) electrons. The van der Waals surface area contributed by atoms with Crippen molar-refractivity contribution in [1.82, 2.24) is 30.4 Å². The van der Waals surface area contributed by atoms with Gasteiger partial charge in [-0.1, -0.05) is 30.3 Å². The molecule has 2 fully saturated rings. The van der Waals surface area contributed by atoms with Gasteiger partial charge in [-0.15, -0.1) is 11.8 Å². The first-order valence-electron chi connectivity index (χ1n) is 14.0. The first kappa shape index (κ1) is 31.1. The Balaban J connectivity index is 0.000000729. The summed E-state index contributed by atoms with van der Waals surface area (Å²) in [5, 5.41) is 24.1. The number of aromatic nitrogens is 2. The lowest BCUT2D eigenvalue weighted by Crippen LogP contribution is -2.71. The normalized spacial score (nSPS) is 19.8. The topological polar surface area (TPSA) is 185 Å². The van der Waals surface area contributed by atoms with E-state index in [4.69, 9.17) is 0 Å². The number of hydrogen-bond acceptors (Lipinski definition) is 8. The fourth-order valence-corrected chi connectivity index (χ4v) is 6.39. The molecule has 3 aromatic rings. The molecule has 4 amide bonds. The summed E-state index contributed by atoms with van der Waals surface area (Å²) in [6.45, 7) is 0.419. The number of likely N-dealkylation sites (tertiary alicyclic amines) is 1. The Bertz CT molecular complexity index is 1640.